The molecule has 1 saturated carbocycles. The van der Waals surface area contributed by atoms with E-state index in [0.717, 1.165) is 70.6 Å². The number of aliphatic hydroxyl groups is 1. The number of esters is 1. The standard InChI is InChI=1S/C30H48O5/c1-3-4-5-6-7-8-9-10-11-12-13-14-15-16-17-18-19-20-21-22-29(32)33-25-28-23-27-24-30(27,35-28)34-26(2)31/h7-8,15-16,26-28,31H,3-6,9-11,14,17-25H2,1-2H3. The summed E-state index contributed by atoms with van der Waals surface area (Å²) >= 11 is 0. The van der Waals surface area contributed by atoms with E-state index in [4.69, 9.17) is 14.2 Å². The minimum atomic E-state index is -0.835. The fourth-order valence-electron chi connectivity index (χ4n) is 4.52. The Morgan fingerprint density at radius 3 is 2.51 bits per heavy atom. The molecule has 4 unspecified atom stereocenters. The number of ether oxygens (including phenoxy) is 3. The highest BCUT2D eigenvalue weighted by Crippen LogP contribution is 2.57. The molecule has 1 heterocycles. The average molecular weight is 489 g/mol. The largest absolute Gasteiger partial charge is 0.463 e. The second kappa shape index (κ2) is 17.8. The zero-order chi connectivity index (χ0) is 25.2. The molecule has 0 aromatic carbocycles. The maximum Gasteiger partial charge on any atom is 0.305 e. The van der Waals surface area contributed by atoms with Crippen molar-refractivity contribution in [2.24, 2.45) is 5.92 Å². The molecular weight excluding hydrogens is 440 g/mol. The number of aliphatic hydroxyl groups excluding tert-OH is 1. The van der Waals surface area contributed by atoms with E-state index in [2.05, 4.69) is 43.1 Å². The number of unbranched alkanes of at least 4 members (excludes halogenated alkanes) is 9. The smallest absolute Gasteiger partial charge is 0.305 e. The number of fused-ring (bicyclic) bond motifs is 1. The number of carbonyl (C=O) groups is 1. The van der Waals surface area contributed by atoms with Crippen LogP contribution in [-0.4, -0.2) is 35.9 Å². The summed E-state index contributed by atoms with van der Waals surface area (Å²) in [6, 6.07) is 0. The lowest BCUT2D eigenvalue weighted by molar-refractivity contribution is -0.247. The van der Waals surface area contributed by atoms with Gasteiger partial charge in [-0.3, -0.25) is 4.79 Å². The third kappa shape index (κ3) is 13.3. The molecule has 1 aliphatic carbocycles. The molecule has 0 radical (unpaired) electrons. The lowest BCUT2D eigenvalue weighted by Gasteiger charge is -2.20. The molecular formula is C30H48O5. The van der Waals surface area contributed by atoms with Crippen LogP contribution < -0.4 is 0 Å². The van der Waals surface area contributed by atoms with Crippen LogP contribution in [0, 0.1) is 17.8 Å². The molecule has 1 aliphatic heterocycles. The van der Waals surface area contributed by atoms with Crippen LogP contribution in [0.5, 0.6) is 0 Å². The Bertz CT molecular complexity index is 701. The van der Waals surface area contributed by atoms with Crippen LogP contribution in [0.25, 0.3) is 0 Å². The molecule has 5 nitrogen and oxygen atoms in total. The van der Waals surface area contributed by atoms with E-state index in [9.17, 15) is 9.90 Å². The fraction of sp³-hybridized carbons (Fsp3) is 0.767. The van der Waals surface area contributed by atoms with Gasteiger partial charge in [0.2, 0.25) is 0 Å². The van der Waals surface area contributed by atoms with Crippen LogP contribution in [0.2, 0.25) is 0 Å². The second-order valence-corrected chi connectivity index (χ2v) is 9.93. The molecule has 1 saturated heterocycles. The Hall–Kier alpha value is -1.61. The van der Waals surface area contributed by atoms with E-state index in [1.165, 1.54) is 25.7 Å². The monoisotopic (exact) mass is 488 g/mol. The molecule has 198 valence electrons. The molecule has 5 heteroatoms. The van der Waals surface area contributed by atoms with Gasteiger partial charge in [0.25, 0.3) is 0 Å². The molecule has 0 bridgehead atoms. The fourth-order valence-corrected chi connectivity index (χ4v) is 4.52. The molecule has 0 spiro atoms. The van der Waals surface area contributed by atoms with Crippen molar-refractivity contribution in [1.29, 1.82) is 0 Å². The summed E-state index contributed by atoms with van der Waals surface area (Å²) in [4.78, 5) is 12.0. The highest BCUT2D eigenvalue weighted by atomic mass is 16.8. The number of hydrogen-bond donors (Lipinski definition) is 1. The predicted octanol–water partition coefficient (Wildman–Crippen LogP) is 6.99. The maximum atomic E-state index is 12.0. The van der Waals surface area contributed by atoms with Crippen LogP contribution in [-0.2, 0) is 19.0 Å². The highest BCUT2D eigenvalue weighted by Gasteiger charge is 2.64. The Kier molecular flexibility index (Phi) is 15.0. The second-order valence-electron chi connectivity index (χ2n) is 9.93. The highest BCUT2D eigenvalue weighted by molar-refractivity contribution is 5.69. The zero-order valence-electron chi connectivity index (χ0n) is 22.1. The molecule has 1 N–H and O–H groups in total. The summed E-state index contributed by atoms with van der Waals surface area (Å²) in [5.41, 5.74) is 0. The number of rotatable bonds is 19. The van der Waals surface area contributed by atoms with Crippen LogP contribution in [0.4, 0.5) is 0 Å². The number of allylic oxidation sites excluding steroid dienone is 4. The molecule has 2 rings (SSSR count). The summed E-state index contributed by atoms with van der Waals surface area (Å²) in [5.74, 6) is 6.04. The average Bonchev–Trinajstić information content (AvgIpc) is 3.37. The summed E-state index contributed by atoms with van der Waals surface area (Å²) in [6.45, 7) is 4.11. The van der Waals surface area contributed by atoms with Crippen molar-refractivity contribution in [2.75, 3.05) is 6.61 Å². The van der Waals surface area contributed by atoms with Gasteiger partial charge in [-0.1, -0.05) is 62.8 Å². The van der Waals surface area contributed by atoms with E-state index in [1.54, 1.807) is 6.92 Å². The summed E-state index contributed by atoms with van der Waals surface area (Å²) < 4.78 is 16.7. The normalized spacial score (nSPS) is 23.9. The van der Waals surface area contributed by atoms with Gasteiger partial charge in [-0.05, 0) is 58.3 Å². The lowest BCUT2D eigenvalue weighted by atomic mass is 10.1. The quantitative estimate of drug-likeness (QED) is 0.0698. The molecule has 4 atom stereocenters. The van der Waals surface area contributed by atoms with Crippen molar-refractivity contribution >= 4 is 5.97 Å². The zero-order valence-corrected chi connectivity index (χ0v) is 22.1. The van der Waals surface area contributed by atoms with Crippen molar-refractivity contribution in [1.82, 2.24) is 0 Å². The first-order valence-corrected chi connectivity index (χ1v) is 14.0. The van der Waals surface area contributed by atoms with Crippen molar-refractivity contribution < 1.29 is 24.1 Å². The molecule has 2 fully saturated rings. The molecule has 2 aliphatic rings. The number of hydrogen-bond acceptors (Lipinski definition) is 5. The van der Waals surface area contributed by atoms with Gasteiger partial charge < -0.3 is 19.3 Å². The Morgan fingerprint density at radius 1 is 1.03 bits per heavy atom. The topological polar surface area (TPSA) is 65.0 Å². The summed E-state index contributed by atoms with van der Waals surface area (Å²) in [5, 5.41) is 9.40. The minimum absolute atomic E-state index is 0.116. The number of carbonyl (C=O) groups excluding carboxylic acids is 1. The third-order valence-corrected chi connectivity index (χ3v) is 6.53. The molecule has 0 amide bonds. The lowest BCUT2D eigenvalue weighted by Crippen LogP contribution is -2.28. The van der Waals surface area contributed by atoms with Crippen molar-refractivity contribution in [3.63, 3.8) is 0 Å². The molecule has 0 aromatic heterocycles. The van der Waals surface area contributed by atoms with E-state index in [-0.39, 0.29) is 18.7 Å². The van der Waals surface area contributed by atoms with E-state index in [0.29, 0.717) is 12.3 Å². The molecule has 0 aromatic rings. The first kappa shape index (κ1) is 29.6. The van der Waals surface area contributed by atoms with Crippen LogP contribution in [0.1, 0.15) is 117 Å². The van der Waals surface area contributed by atoms with Gasteiger partial charge in [0.05, 0.1) is 6.10 Å². The molecule has 35 heavy (non-hydrogen) atoms. The van der Waals surface area contributed by atoms with Gasteiger partial charge in [0.1, 0.15) is 6.61 Å². The maximum absolute atomic E-state index is 12.0. The van der Waals surface area contributed by atoms with Crippen LogP contribution in [0.15, 0.2) is 24.3 Å². The van der Waals surface area contributed by atoms with Gasteiger partial charge >= 0.3 is 5.97 Å². The predicted molar refractivity (Wildman–Crippen MR) is 140 cm³/mol. The van der Waals surface area contributed by atoms with Crippen LogP contribution >= 0.6 is 0 Å². The Balaban J connectivity index is 1.34. The van der Waals surface area contributed by atoms with Crippen LogP contribution in [0.3, 0.4) is 0 Å². The van der Waals surface area contributed by atoms with Crippen molar-refractivity contribution in [3.05, 3.63) is 24.3 Å². The van der Waals surface area contributed by atoms with E-state index >= 15 is 0 Å². The van der Waals surface area contributed by atoms with Crippen molar-refractivity contribution in [2.45, 2.75) is 135 Å². The first-order valence-electron chi connectivity index (χ1n) is 14.0. The van der Waals surface area contributed by atoms with Gasteiger partial charge in [0.15, 0.2) is 12.1 Å². The summed E-state index contributed by atoms with van der Waals surface area (Å²) in [7, 11) is 0. The van der Waals surface area contributed by atoms with Gasteiger partial charge in [-0.15, -0.1) is 5.92 Å². The van der Waals surface area contributed by atoms with Crippen molar-refractivity contribution in [3.8, 4) is 11.8 Å². The Morgan fingerprint density at radius 2 is 1.74 bits per heavy atom. The van der Waals surface area contributed by atoms with Gasteiger partial charge in [-0.2, -0.15) is 0 Å². The van der Waals surface area contributed by atoms with Gasteiger partial charge in [0, 0.05) is 31.6 Å². The Labute approximate surface area is 213 Å². The minimum Gasteiger partial charge on any atom is -0.463 e. The third-order valence-electron chi connectivity index (χ3n) is 6.53. The first-order chi connectivity index (χ1) is 17.1. The van der Waals surface area contributed by atoms with Gasteiger partial charge in [-0.25, -0.2) is 0 Å². The SMILES string of the molecule is CCCCCC=CCCCC#CCC=CCCCCCCC(=O)OCC1CC2CC2(OC(C)O)O1. The summed E-state index contributed by atoms with van der Waals surface area (Å²) in [6.07, 6.45) is 24.7. The van der Waals surface area contributed by atoms with E-state index < -0.39 is 12.1 Å². The van der Waals surface area contributed by atoms with E-state index in [1.807, 2.05) is 0 Å².